The maximum atomic E-state index is 10.6. The SMILES string of the molecule is Nc1nc(N)c2ncn([C@@H]3O[C@H](C(O)OP(=O)([O-])[O-])[C@@H](O)[C@@H]3O)c2n1.[Na+].[Na+]. The second-order valence-corrected chi connectivity index (χ2v) is 6.31. The summed E-state index contributed by atoms with van der Waals surface area (Å²) < 4.78 is 20.8. The van der Waals surface area contributed by atoms with Gasteiger partial charge in [0.05, 0.1) is 14.2 Å². The molecule has 1 aliphatic heterocycles. The van der Waals surface area contributed by atoms with Crippen molar-refractivity contribution in [3.05, 3.63) is 6.33 Å². The number of imidazole rings is 1. The normalized spacial score (nSPS) is 26.4. The van der Waals surface area contributed by atoms with Gasteiger partial charge in [-0.25, -0.2) is 4.98 Å². The molecule has 0 amide bonds. The first-order chi connectivity index (χ1) is 11.6. The maximum Gasteiger partial charge on any atom is 1.00 e. The van der Waals surface area contributed by atoms with Gasteiger partial charge in [0, 0.05) is 0 Å². The van der Waals surface area contributed by atoms with Crippen LogP contribution in [-0.2, 0) is 13.8 Å². The Balaban J connectivity index is 0.00000182. The summed E-state index contributed by atoms with van der Waals surface area (Å²) in [4.78, 5) is 32.7. The van der Waals surface area contributed by atoms with Gasteiger partial charge in [0.1, 0.15) is 23.8 Å². The van der Waals surface area contributed by atoms with Crippen molar-refractivity contribution in [2.75, 3.05) is 11.5 Å². The van der Waals surface area contributed by atoms with E-state index >= 15 is 0 Å². The number of nitrogens with two attached hydrogens (primary N) is 2. The minimum Gasteiger partial charge on any atom is -0.790 e. The Kier molecular flexibility index (Phi) is 8.64. The van der Waals surface area contributed by atoms with E-state index in [0.717, 1.165) is 10.9 Å². The molecule has 5 atom stereocenters. The van der Waals surface area contributed by atoms with Gasteiger partial charge in [-0.05, 0) is 0 Å². The Morgan fingerprint density at radius 3 is 2.48 bits per heavy atom. The second kappa shape index (κ2) is 9.28. The number of rotatable bonds is 4. The molecule has 0 radical (unpaired) electrons. The molecule has 1 unspecified atom stereocenters. The number of aliphatic hydroxyl groups excluding tert-OH is 3. The zero-order chi connectivity index (χ0) is 18.5. The zero-order valence-electron chi connectivity index (χ0n) is 14.2. The van der Waals surface area contributed by atoms with Crippen molar-refractivity contribution in [2.24, 2.45) is 0 Å². The van der Waals surface area contributed by atoms with E-state index in [1.807, 2.05) is 0 Å². The van der Waals surface area contributed by atoms with Crippen molar-refractivity contribution in [3.8, 4) is 0 Å². The van der Waals surface area contributed by atoms with Crippen LogP contribution in [0.25, 0.3) is 11.2 Å². The third kappa shape index (κ3) is 5.18. The molecule has 1 aliphatic rings. The molecule has 0 saturated carbocycles. The van der Waals surface area contributed by atoms with Crippen LogP contribution in [0.2, 0.25) is 0 Å². The van der Waals surface area contributed by atoms with Crippen LogP contribution in [0.5, 0.6) is 0 Å². The van der Waals surface area contributed by atoms with Crippen molar-refractivity contribution in [3.63, 3.8) is 0 Å². The van der Waals surface area contributed by atoms with Crippen LogP contribution in [0.3, 0.4) is 0 Å². The van der Waals surface area contributed by atoms with Crippen molar-refractivity contribution >= 4 is 30.8 Å². The molecule has 3 heterocycles. The molecular weight excluding hydrogens is 409 g/mol. The number of hydrogen-bond donors (Lipinski definition) is 5. The van der Waals surface area contributed by atoms with E-state index in [4.69, 9.17) is 16.2 Å². The number of aliphatic hydroxyl groups is 3. The topological polar surface area (TPSA) is 238 Å². The second-order valence-electron chi connectivity index (χ2n) is 5.21. The molecule has 1 saturated heterocycles. The number of nitrogen functional groups attached to an aromatic ring is 2. The minimum absolute atomic E-state index is 0. The molecule has 27 heavy (non-hydrogen) atoms. The fourth-order valence-corrected chi connectivity index (χ4v) is 2.87. The predicted octanol–water partition coefficient (Wildman–Crippen LogP) is -10.2. The summed E-state index contributed by atoms with van der Waals surface area (Å²) in [7, 11) is -5.55. The Morgan fingerprint density at radius 1 is 1.26 bits per heavy atom. The van der Waals surface area contributed by atoms with Gasteiger partial charge < -0.3 is 50.4 Å². The molecule has 2 aromatic rings. The van der Waals surface area contributed by atoms with Crippen LogP contribution in [0.15, 0.2) is 6.33 Å². The van der Waals surface area contributed by atoms with Gasteiger partial charge in [-0.2, -0.15) is 9.97 Å². The first kappa shape index (κ1) is 25.1. The number of nitrogens with zero attached hydrogens (tertiary/aromatic N) is 4. The number of aromatic nitrogens is 4. The van der Waals surface area contributed by atoms with Gasteiger partial charge >= 0.3 is 59.1 Å². The first-order valence-electron chi connectivity index (χ1n) is 6.74. The Labute approximate surface area is 195 Å². The van der Waals surface area contributed by atoms with Gasteiger partial charge in [0.25, 0.3) is 0 Å². The largest absolute Gasteiger partial charge is 1.00 e. The number of phosphoric ester groups is 1. The average Bonchev–Trinajstić information content (AvgIpc) is 3.00. The maximum absolute atomic E-state index is 10.6. The Hall–Kier alpha value is 0.1000. The monoisotopic (exact) mass is 422 g/mol. The van der Waals surface area contributed by atoms with Gasteiger partial charge in [-0.1, -0.05) is 0 Å². The molecule has 0 bridgehead atoms. The molecular formula is C10H13N6Na2O8P. The summed E-state index contributed by atoms with van der Waals surface area (Å²) in [6.07, 6.45) is -7.66. The number of fused-ring (bicyclic) bond motifs is 1. The summed E-state index contributed by atoms with van der Waals surface area (Å²) in [6.45, 7) is 0. The van der Waals surface area contributed by atoms with Crippen LogP contribution in [0.4, 0.5) is 11.8 Å². The van der Waals surface area contributed by atoms with Gasteiger partial charge in [0.15, 0.2) is 24.0 Å². The number of phosphoric acid groups is 1. The molecule has 0 aromatic carbocycles. The van der Waals surface area contributed by atoms with E-state index in [1.54, 1.807) is 0 Å². The number of anilines is 2. The average molecular weight is 422 g/mol. The molecule has 7 N–H and O–H groups in total. The van der Waals surface area contributed by atoms with E-state index in [0.29, 0.717) is 0 Å². The van der Waals surface area contributed by atoms with Crippen molar-refractivity contribution < 1.29 is 98.0 Å². The van der Waals surface area contributed by atoms with Crippen LogP contribution < -0.4 is 80.4 Å². The fraction of sp³-hybridized carbons (Fsp3) is 0.500. The van der Waals surface area contributed by atoms with Crippen LogP contribution in [-0.4, -0.2) is 59.4 Å². The van der Waals surface area contributed by atoms with Gasteiger partial charge in [0.2, 0.25) is 5.95 Å². The summed E-state index contributed by atoms with van der Waals surface area (Å²) in [5, 5.41) is 29.7. The third-order valence-electron chi connectivity index (χ3n) is 3.53. The van der Waals surface area contributed by atoms with Crippen molar-refractivity contribution in [1.29, 1.82) is 0 Å². The fourth-order valence-electron chi connectivity index (χ4n) is 2.49. The van der Waals surface area contributed by atoms with Gasteiger partial charge in [-0.3, -0.25) is 4.57 Å². The van der Waals surface area contributed by atoms with E-state index in [2.05, 4.69) is 19.5 Å². The van der Waals surface area contributed by atoms with Crippen LogP contribution in [0, 0.1) is 0 Å². The first-order valence-corrected chi connectivity index (χ1v) is 8.20. The molecule has 1 fully saturated rings. The van der Waals surface area contributed by atoms with Crippen molar-refractivity contribution in [2.45, 2.75) is 30.8 Å². The minimum atomic E-state index is -5.55. The van der Waals surface area contributed by atoms with E-state index in [-0.39, 0.29) is 82.0 Å². The number of hydrogen-bond acceptors (Lipinski definition) is 13. The Bertz CT molecular complexity index is 850. The van der Waals surface area contributed by atoms with Crippen LogP contribution in [0.1, 0.15) is 6.23 Å². The molecule has 0 spiro atoms. The van der Waals surface area contributed by atoms with Gasteiger partial charge in [-0.15, -0.1) is 0 Å². The third-order valence-corrected chi connectivity index (χ3v) is 4.01. The summed E-state index contributed by atoms with van der Waals surface area (Å²) in [5.74, 6) is -0.216. The molecule has 2 aromatic heterocycles. The Morgan fingerprint density at radius 2 is 1.89 bits per heavy atom. The quantitative estimate of drug-likeness (QED) is 0.175. The summed E-state index contributed by atoms with van der Waals surface area (Å²) >= 11 is 0. The van der Waals surface area contributed by atoms with E-state index in [9.17, 15) is 29.7 Å². The molecule has 0 aliphatic carbocycles. The van der Waals surface area contributed by atoms with Crippen molar-refractivity contribution in [1.82, 2.24) is 19.5 Å². The number of ether oxygens (including phenoxy) is 1. The van der Waals surface area contributed by atoms with E-state index in [1.165, 1.54) is 0 Å². The summed E-state index contributed by atoms with van der Waals surface area (Å²) in [5.41, 5.74) is 11.4. The van der Waals surface area contributed by atoms with Crippen LogP contribution >= 0.6 is 7.82 Å². The summed E-state index contributed by atoms with van der Waals surface area (Å²) in [6, 6.07) is 0. The van der Waals surface area contributed by atoms with E-state index < -0.39 is 38.7 Å². The molecule has 14 nitrogen and oxygen atoms in total. The molecule has 3 rings (SSSR count). The zero-order valence-corrected chi connectivity index (χ0v) is 19.1. The predicted molar refractivity (Wildman–Crippen MR) is 74.8 cm³/mol. The standard InChI is InChI=1S/C10H15N6O8P.2Na/c11-6-2-7(15-10(12)14-6)16(1-13-2)8-4(18)3(17)5(23-8)9(19)24-25(20,21)22;;/h1,3-5,8-9,17-19H,(H2,20,21,22)(H4,11,12,14,15);;/q;2*+1/p-2/t3-,4-,5-,8+,9?;;/m0../s1. The smallest absolute Gasteiger partial charge is 0.790 e. The molecule has 17 heteroatoms. The molecule has 138 valence electrons.